The average molecular weight is 424 g/mol. The fraction of sp³-hybridized carbons (Fsp3) is 0.421. The van der Waals surface area contributed by atoms with Crippen LogP contribution < -0.4 is 14.4 Å². The van der Waals surface area contributed by atoms with Gasteiger partial charge in [0.15, 0.2) is 11.5 Å². The first kappa shape index (κ1) is 18.9. The number of anilines is 1. The molecule has 1 fully saturated rings. The molecule has 0 spiro atoms. The first-order valence-corrected chi connectivity index (χ1v) is 9.23. The number of benzene rings is 1. The van der Waals surface area contributed by atoms with Crippen molar-refractivity contribution in [3.05, 3.63) is 46.6 Å². The SMILES string of the molecule is COc1ccc(CN(C)[C@H]2CN(c3ccc(Br)cn3)C[C@H]2F)cc1OC. The van der Waals surface area contributed by atoms with Gasteiger partial charge < -0.3 is 14.4 Å². The number of halogens is 2. The van der Waals surface area contributed by atoms with Crippen LogP contribution in [0.2, 0.25) is 0 Å². The van der Waals surface area contributed by atoms with Crippen molar-refractivity contribution in [2.24, 2.45) is 0 Å². The van der Waals surface area contributed by atoms with Gasteiger partial charge in [-0.05, 0) is 52.8 Å². The van der Waals surface area contributed by atoms with Gasteiger partial charge >= 0.3 is 0 Å². The standard InChI is InChI=1S/C19H23BrFN3O2/c1-23(10-13-4-6-17(25-2)18(8-13)26-3)16-12-24(11-15(16)21)19-7-5-14(20)9-22-19/h4-9,15-16H,10-12H2,1-3H3/t15-,16+/m1/s1. The van der Waals surface area contributed by atoms with Gasteiger partial charge in [0, 0.05) is 23.8 Å². The van der Waals surface area contributed by atoms with Gasteiger partial charge in [0.05, 0.1) is 26.8 Å². The molecule has 3 rings (SSSR count). The highest BCUT2D eigenvalue weighted by Crippen LogP contribution is 2.29. The number of hydrogen-bond acceptors (Lipinski definition) is 5. The quantitative estimate of drug-likeness (QED) is 0.710. The molecule has 5 nitrogen and oxygen atoms in total. The molecule has 0 radical (unpaired) electrons. The molecule has 2 heterocycles. The van der Waals surface area contributed by atoms with Crippen molar-refractivity contribution in [3.8, 4) is 11.5 Å². The summed E-state index contributed by atoms with van der Waals surface area (Å²) in [4.78, 5) is 8.42. The summed E-state index contributed by atoms with van der Waals surface area (Å²) in [7, 11) is 5.18. The smallest absolute Gasteiger partial charge is 0.161 e. The van der Waals surface area contributed by atoms with Gasteiger partial charge in [-0.25, -0.2) is 9.37 Å². The monoisotopic (exact) mass is 423 g/mol. The molecular weight excluding hydrogens is 401 g/mol. The zero-order valence-corrected chi connectivity index (χ0v) is 16.7. The second-order valence-electron chi connectivity index (χ2n) is 6.43. The third kappa shape index (κ3) is 4.10. The summed E-state index contributed by atoms with van der Waals surface area (Å²) in [6, 6.07) is 9.44. The third-order valence-electron chi connectivity index (χ3n) is 4.70. The van der Waals surface area contributed by atoms with E-state index < -0.39 is 6.17 Å². The lowest BCUT2D eigenvalue weighted by atomic mass is 10.1. The molecule has 0 aliphatic carbocycles. The minimum atomic E-state index is -0.925. The average Bonchev–Trinajstić information content (AvgIpc) is 3.04. The van der Waals surface area contributed by atoms with E-state index in [0.29, 0.717) is 31.1 Å². The molecule has 1 saturated heterocycles. The lowest BCUT2D eigenvalue weighted by Gasteiger charge is -2.26. The Morgan fingerprint density at radius 3 is 2.62 bits per heavy atom. The minimum absolute atomic E-state index is 0.187. The fourth-order valence-electron chi connectivity index (χ4n) is 3.29. The number of ether oxygens (including phenoxy) is 2. The Kier molecular flexibility index (Phi) is 5.98. The van der Waals surface area contributed by atoms with Crippen molar-refractivity contribution in [3.63, 3.8) is 0 Å². The van der Waals surface area contributed by atoms with Crippen LogP contribution in [0.3, 0.4) is 0 Å². The number of nitrogens with zero attached hydrogens (tertiary/aromatic N) is 3. The van der Waals surface area contributed by atoms with Crippen LogP contribution in [0.25, 0.3) is 0 Å². The second kappa shape index (κ2) is 8.22. The highest BCUT2D eigenvalue weighted by Gasteiger charge is 2.36. The highest BCUT2D eigenvalue weighted by molar-refractivity contribution is 9.10. The second-order valence-corrected chi connectivity index (χ2v) is 7.34. The van der Waals surface area contributed by atoms with E-state index in [2.05, 4.69) is 20.9 Å². The maximum atomic E-state index is 14.7. The minimum Gasteiger partial charge on any atom is -0.493 e. The largest absolute Gasteiger partial charge is 0.493 e. The summed E-state index contributed by atoms with van der Waals surface area (Å²) < 4.78 is 26.2. The molecule has 1 aromatic carbocycles. The molecule has 7 heteroatoms. The van der Waals surface area contributed by atoms with E-state index in [1.165, 1.54) is 0 Å². The summed E-state index contributed by atoms with van der Waals surface area (Å²) in [5.41, 5.74) is 1.05. The third-order valence-corrected chi connectivity index (χ3v) is 5.17. The van der Waals surface area contributed by atoms with Crippen molar-refractivity contribution >= 4 is 21.7 Å². The molecule has 2 aromatic rings. The van der Waals surface area contributed by atoms with Crippen LogP contribution in [0, 0.1) is 0 Å². The zero-order chi connectivity index (χ0) is 18.7. The lowest BCUT2D eigenvalue weighted by molar-refractivity contribution is 0.167. The van der Waals surface area contributed by atoms with Crippen molar-refractivity contribution in [2.75, 3.05) is 39.3 Å². The van der Waals surface area contributed by atoms with Crippen LogP contribution >= 0.6 is 15.9 Å². The Hall–Kier alpha value is -1.86. The highest BCUT2D eigenvalue weighted by atomic mass is 79.9. The normalized spacial score (nSPS) is 19.8. The molecular formula is C19H23BrFN3O2. The van der Waals surface area contributed by atoms with Crippen molar-refractivity contribution in [2.45, 2.75) is 18.8 Å². The van der Waals surface area contributed by atoms with Crippen LogP contribution in [-0.4, -0.2) is 56.5 Å². The van der Waals surface area contributed by atoms with Crippen LogP contribution in [0.4, 0.5) is 10.2 Å². The van der Waals surface area contributed by atoms with E-state index in [9.17, 15) is 4.39 Å². The molecule has 2 atom stereocenters. The first-order chi connectivity index (χ1) is 12.5. The summed E-state index contributed by atoms with van der Waals surface area (Å²) in [6.45, 7) is 1.60. The van der Waals surface area contributed by atoms with Gasteiger partial charge in [0.25, 0.3) is 0 Å². The van der Waals surface area contributed by atoms with Gasteiger partial charge in [0.2, 0.25) is 0 Å². The number of alkyl halides is 1. The molecule has 0 unspecified atom stereocenters. The number of aromatic nitrogens is 1. The Morgan fingerprint density at radius 1 is 1.19 bits per heavy atom. The summed E-state index contributed by atoms with van der Waals surface area (Å²) >= 11 is 3.38. The molecule has 0 bridgehead atoms. The molecule has 0 saturated carbocycles. The van der Waals surface area contributed by atoms with E-state index in [1.807, 2.05) is 47.2 Å². The molecule has 0 amide bonds. The van der Waals surface area contributed by atoms with Crippen LogP contribution in [0.15, 0.2) is 41.0 Å². The van der Waals surface area contributed by atoms with Gasteiger partial charge in [0.1, 0.15) is 12.0 Å². The van der Waals surface area contributed by atoms with Crippen LogP contribution in [-0.2, 0) is 6.54 Å². The molecule has 1 aliphatic heterocycles. The Morgan fingerprint density at radius 2 is 1.96 bits per heavy atom. The summed E-state index contributed by atoms with van der Waals surface area (Å²) in [5, 5.41) is 0. The van der Waals surface area contributed by atoms with E-state index in [1.54, 1.807) is 20.4 Å². The first-order valence-electron chi connectivity index (χ1n) is 8.43. The summed E-state index contributed by atoms with van der Waals surface area (Å²) in [6.07, 6.45) is 0.814. The van der Waals surface area contributed by atoms with E-state index in [-0.39, 0.29) is 6.04 Å². The van der Waals surface area contributed by atoms with E-state index in [0.717, 1.165) is 15.9 Å². The van der Waals surface area contributed by atoms with Crippen molar-refractivity contribution in [1.29, 1.82) is 0 Å². The maximum Gasteiger partial charge on any atom is 0.161 e. The number of hydrogen-bond donors (Lipinski definition) is 0. The molecule has 1 aliphatic rings. The number of likely N-dealkylation sites (N-methyl/N-ethyl adjacent to an activating group) is 1. The van der Waals surface area contributed by atoms with Crippen LogP contribution in [0.1, 0.15) is 5.56 Å². The molecule has 1 aromatic heterocycles. The van der Waals surface area contributed by atoms with Gasteiger partial charge in [-0.3, -0.25) is 4.90 Å². The Labute approximate surface area is 161 Å². The number of rotatable bonds is 6. The molecule has 140 valence electrons. The van der Waals surface area contributed by atoms with Crippen molar-refractivity contribution in [1.82, 2.24) is 9.88 Å². The number of methoxy groups -OCH3 is 2. The topological polar surface area (TPSA) is 37.8 Å². The van der Waals surface area contributed by atoms with Gasteiger partial charge in [-0.2, -0.15) is 0 Å². The predicted molar refractivity (Wildman–Crippen MR) is 104 cm³/mol. The van der Waals surface area contributed by atoms with Gasteiger partial charge in [-0.1, -0.05) is 6.07 Å². The lowest BCUT2D eigenvalue weighted by Crippen LogP contribution is -2.38. The molecule has 26 heavy (non-hydrogen) atoms. The molecule has 0 N–H and O–H groups in total. The fourth-order valence-corrected chi connectivity index (χ4v) is 3.52. The predicted octanol–water partition coefficient (Wildman–Crippen LogP) is 3.52. The zero-order valence-electron chi connectivity index (χ0n) is 15.2. The maximum absolute atomic E-state index is 14.7. The van der Waals surface area contributed by atoms with Gasteiger partial charge in [-0.15, -0.1) is 0 Å². The van der Waals surface area contributed by atoms with E-state index in [4.69, 9.17) is 9.47 Å². The van der Waals surface area contributed by atoms with E-state index >= 15 is 0 Å². The van der Waals surface area contributed by atoms with Crippen molar-refractivity contribution < 1.29 is 13.9 Å². The number of pyridine rings is 1. The van der Waals surface area contributed by atoms with Crippen LogP contribution in [0.5, 0.6) is 11.5 Å². The summed E-state index contributed by atoms with van der Waals surface area (Å²) in [5.74, 6) is 2.18. The Bertz CT molecular complexity index is 744. The Balaban J connectivity index is 1.68.